The standard InChI is InChI=1S/C21H22F2N2O3/c1-3-25(4-2)20(27)16-8-10-17(11-9-16)24-19(26)14-7-15-5-12-18(13-6-15)28-21(22)23/h5-14,21H,3-4H2,1-2H3,(H,24,26)/b14-7+. The molecule has 1 N–H and O–H groups in total. The summed E-state index contributed by atoms with van der Waals surface area (Å²) in [5.74, 6) is -0.353. The molecule has 28 heavy (non-hydrogen) atoms. The van der Waals surface area contributed by atoms with Crippen LogP contribution in [0.5, 0.6) is 5.75 Å². The summed E-state index contributed by atoms with van der Waals surface area (Å²) < 4.78 is 28.5. The van der Waals surface area contributed by atoms with Crippen molar-refractivity contribution in [2.45, 2.75) is 20.5 Å². The highest BCUT2D eigenvalue weighted by atomic mass is 19.3. The van der Waals surface area contributed by atoms with Crippen LogP contribution in [0.4, 0.5) is 14.5 Å². The van der Waals surface area contributed by atoms with E-state index in [0.29, 0.717) is 29.9 Å². The Morgan fingerprint density at radius 3 is 2.18 bits per heavy atom. The van der Waals surface area contributed by atoms with Gasteiger partial charge in [-0.25, -0.2) is 0 Å². The van der Waals surface area contributed by atoms with Gasteiger partial charge in [0.1, 0.15) is 5.75 Å². The van der Waals surface area contributed by atoms with Crippen molar-refractivity contribution in [3.63, 3.8) is 0 Å². The van der Waals surface area contributed by atoms with E-state index in [0.717, 1.165) is 0 Å². The lowest BCUT2D eigenvalue weighted by Gasteiger charge is -2.18. The van der Waals surface area contributed by atoms with Gasteiger partial charge in [0.05, 0.1) is 0 Å². The summed E-state index contributed by atoms with van der Waals surface area (Å²) in [5.41, 5.74) is 1.78. The lowest BCUT2D eigenvalue weighted by Crippen LogP contribution is -2.30. The Hall–Kier alpha value is -3.22. The number of hydrogen-bond acceptors (Lipinski definition) is 3. The number of carbonyl (C=O) groups is 2. The van der Waals surface area contributed by atoms with Crippen LogP contribution in [0, 0.1) is 0 Å². The summed E-state index contributed by atoms with van der Waals surface area (Å²) >= 11 is 0. The van der Waals surface area contributed by atoms with Crippen LogP contribution >= 0.6 is 0 Å². The first-order valence-corrected chi connectivity index (χ1v) is 8.86. The van der Waals surface area contributed by atoms with E-state index in [1.54, 1.807) is 47.4 Å². The van der Waals surface area contributed by atoms with Crippen molar-refractivity contribution in [2.24, 2.45) is 0 Å². The molecule has 0 aliphatic heterocycles. The smallest absolute Gasteiger partial charge is 0.387 e. The molecule has 7 heteroatoms. The first-order chi connectivity index (χ1) is 13.4. The van der Waals surface area contributed by atoms with Gasteiger partial charge in [0.2, 0.25) is 5.91 Å². The summed E-state index contributed by atoms with van der Waals surface area (Å²) in [6.07, 6.45) is 2.89. The van der Waals surface area contributed by atoms with Gasteiger partial charge in [-0.05, 0) is 61.9 Å². The molecule has 0 atom stereocenters. The van der Waals surface area contributed by atoms with Crippen molar-refractivity contribution in [2.75, 3.05) is 18.4 Å². The fourth-order valence-corrected chi connectivity index (χ4v) is 2.51. The van der Waals surface area contributed by atoms with Gasteiger partial charge >= 0.3 is 6.61 Å². The minimum Gasteiger partial charge on any atom is -0.435 e. The fourth-order valence-electron chi connectivity index (χ4n) is 2.51. The molecule has 0 saturated carbocycles. The minimum absolute atomic E-state index is 0.0518. The maximum absolute atomic E-state index is 12.3. The lowest BCUT2D eigenvalue weighted by molar-refractivity contribution is -0.111. The number of alkyl halides is 2. The maximum atomic E-state index is 12.3. The number of carbonyl (C=O) groups excluding carboxylic acids is 2. The molecule has 2 aromatic carbocycles. The van der Waals surface area contributed by atoms with Gasteiger partial charge in [-0.3, -0.25) is 9.59 Å². The second kappa shape index (κ2) is 10.2. The number of hydrogen-bond donors (Lipinski definition) is 1. The van der Waals surface area contributed by atoms with Gasteiger partial charge in [0.15, 0.2) is 0 Å². The topological polar surface area (TPSA) is 58.6 Å². The molecule has 2 rings (SSSR count). The number of halogens is 2. The van der Waals surface area contributed by atoms with E-state index in [2.05, 4.69) is 10.1 Å². The maximum Gasteiger partial charge on any atom is 0.387 e. The van der Waals surface area contributed by atoms with Crippen molar-refractivity contribution >= 4 is 23.6 Å². The van der Waals surface area contributed by atoms with Crippen LogP contribution in [-0.2, 0) is 4.79 Å². The first kappa shape index (κ1) is 21.1. The van der Waals surface area contributed by atoms with E-state index < -0.39 is 6.61 Å². The number of rotatable bonds is 8. The third kappa shape index (κ3) is 6.19. The summed E-state index contributed by atoms with van der Waals surface area (Å²) in [6, 6.07) is 12.6. The molecule has 0 bridgehead atoms. The molecule has 2 amide bonds. The third-order valence-corrected chi connectivity index (χ3v) is 3.98. The highest BCUT2D eigenvalue weighted by Gasteiger charge is 2.12. The third-order valence-electron chi connectivity index (χ3n) is 3.98. The van der Waals surface area contributed by atoms with Crippen LogP contribution in [-0.4, -0.2) is 36.4 Å². The van der Waals surface area contributed by atoms with E-state index in [4.69, 9.17) is 0 Å². The van der Waals surface area contributed by atoms with Crippen LogP contribution < -0.4 is 10.1 Å². The first-order valence-electron chi connectivity index (χ1n) is 8.86. The van der Waals surface area contributed by atoms with Crippen molar-refractivity contribution in [3.8, 4) is 5.75 Å². The predicted molar refractivity (Wildman–Crippen MR) is 104 cm³/mol. The van der Waals surface area contributed by atoms with Gasteiger partial charge in [-0.2, -0.15) is 8.78 Å². The van der Waals surface area contributed by atoms with Crippen LogP contribution in [0.2, 0.25) is 0 Å². The Kier molecular flexibility index (Phi) is 7.68. The zero-order valence-corrected chi connectivity index (χ0v) is 15.7. The Morgan fingerprint density at radius 1 is 1.04 bits per heavy atom. The van der Waals surface area contributed by atoms with Crippen LogP contribution in [0.15, 0.2) is 54.6 Å². The van der Waals surface area contributed by atoms with E-state index >= 15 is 0 Å². The van der Waals surface area contributed by atoms with Gasteiger partial charge in [0, 0.05) is 30.4 Å². The molecule has 0 fully saturated rings. The van der Waals surface area contributed by atoms with Crippen molar-refractivity contribution < 1.29 is 23.1 Å². The zero-order valence-electron chi connectivity index (χ0n) is 15.7. The molecule has 0 unspecified atom stereocenters. The Balaban J connectivity index is 1.93. The van der Waals surface area contributed by atoms with Crippen molar-refractivity contribution in [1.82, 2.24) is 4.90 Å². The molecular weight excluding hydrogens is 366 g/mol. The van der Waals surface area contributed by atoms with Crippen LogP contribution in [0.3, 0.4) is 0 Å². The molecule has 0 aliphatic carbocycles. The molecule has 0 aliphatic rings. The van der Waals surface area contributed by atoms with Crippen LogP contribution in [0.25, 0.3) is 6.08 Å². The molecule has 0 heterocycles. The predicted octanol–water partition coefficient (Wildman–Crippen LogP) is 4.42. The van der Waals surface area contributed by atoms with Crippen molar-refractivity contribution in [3.05, 3.63) is 65.7 Å². The van der Waals surface area contributed by atoms with E-state index in [9.17, 15) is 18.4 Å². The molecule has 0 radical (unpaired) electrons. The molecule has 148 valence electrons. The Bertz CT molecular complexity index is 815. The number of anilines is 1. The molecule has 0 saturated heterocycles. The number of benzene rings is 2. The van der Waals surface area contributed by atoms with Gasteiger partial charge in [0.25, 0.3) is 5.91 Å². The number of nitrogens with zero attached hydrogens (tertiary/aromatic N) is 1. The monoisotopic (exact) mass is 388 g/mol. The molecular formula is C21H22F2N2O3. The number of amides is 2. The van der Waals surface area contributed by atoms with Crippen molar-refractivity contribution in [1.29, 1.82) is 0 Å². The van der Waals surface area contributed by atoms with Gasteiger partial charge in [-0.1, -0.05) is 12.1 Å². The Labute approximate surface area is 162 Å². The quantitative estimate of drug-likeness (QED) is 0.681. The zero-order chi connectivity index (χ0) is 20.5. The SMILES string of the molecule is CCN(CC)C(=O)c1ccc(NC(=O)/C=C/c2ccc(OC(F)F)cc2)cc1. The highest BCUT2D eigenvalue weighted by molar-refractivity contribution is 6.02. The summed E-state index contributed by atoms with van der Waals surface area (Å²) in [7, 11) is 0. The average molecular weight is 388 g/mol. The van der Waals surface area contributed by atoms with Gasteiger partial charge < -0.3 is 15.0 Å². The normalized spacial score (nSPS) is 10.9. The molecule has 5 nitrogen and oxygen atoms in total. The second-order valence-corrected chi connectivity index (χ2v) is 5.82. The highest BCUT2D eigenvalue weighted by Crippen LogP contribution is 2.16. The summed E-state index contributed by atoms with van der Waals surface area (Å²) in [5, 5.41) is 2.70. The van der Waals surface area contributed by atoms with E-state index in [1.165, 1.54) is 18.2 Å². The molecule has 0 aromatic heterocycles. The fraction of sp³-hybridized carbons (Fsp3) is 0.238. The summed E-state index contributed by atoms with van der Waals surface area (Å²) in [4.78, 5) is 26.0. The minimum atomic E-state index is -2.87. The van der Waals surface area contributed by atoms with Gasteiger partial charge in [-0.15, -0.1) is 0 Å². The molecule has 0 spiro atoms. The summed E-state index contributed by atoms with van der Waals surface area (Å²) in [6.45, 7) is 2.23. The van der Waals surface area contributed by atoms with E-state index in [-0.39, 0.29) is 17.6 Å². The number of ether oxygens (including phenoxy) is 1. The number of nitrogens with one attached hydrogen (secondary N) is 1. The average Bonchev–Trinajstić information content (AvgIpc) is 2.68. The van der Waals surface area contributed by atoms with E-state index in [1.807, 2.05) is 13.8 Å². The second-order valence-electron chi connectivity index (χ2n) is 5.82. The Morgan fingerprint density at radius 2 is 1.64 bits per heavy atom. The lowest BCUT2D eigenvalue weighted by atomic mass is 10.1. The largest absolute Gasteiger partial charge is 0.435 e. The molecule has 2 aromatic rings. The van der Waals surface area contributed by atoms with Crippen LogP contribution in [0.1, 0.15) is 29.8 Å².